The number of ether oxygens (including phenoxy) is 2. The van der Waals surface area contributed by atoms with E-state index in [1.807, 2.05) is 6.07 Å². The molecular formula is C16H20N2O4. The number of anilines is 1. The fourth-order valence-corrected chi connectivity index (χ4v) is 2.97. The third-order valence-corrected chi connectivity index (χ3v) is 4.13. The Bertz CT molecular complexity index is 580. The number of hydrogen-bond acceptors (Lipinski definition) is 4. The lowest BCUT2D eigenvalue weighted by Gasteiger charge is -2.30. The molecule has 1 N–H and O–H groups in total. The third-order valence-electron chi connectivity index (χ3n) is 4.13. The van der Waals surface area contributed by atoms with E-state index in [0.717, 1.165) is 12.0 Å². The Morgan fingerprint density at radius 3 is 3.05 bits per heavy atom. The number of fused-ring (bicyclic) bond motifs is 1. The van der Waals surface area contributed by atoms with Crippen molar-refractivity contribution >= 4 is 17.5 Å². The van der Waals surface area contributed by atoms with Gasteiger partial charge in [0.25, 0.3) is 0 Å². The monoisotopic (exact) mass is 304 g/mol. The van der Waals surface area contributed by atoms with Crippen LogP contribution in [0.5, 0.6) is 5.75 Å². The summed E-state index contributed by atoms with van der Waals surface area (Å²) >= 11 is 0. The van der Waals surface area contributed by atoms with E-state index in [2.05, 4.69) is 5.32 Å². The van der Waals surface area contributed by atoms with Gasteiger partial charge in [-0.3, -0.25) is 9.59 Å². The second-order valence-electron chi connectivity index (χ2n) is 5.55. The van der Waals surface area contributed by atoms with E-state index < -0.39 is 5.92 Å². The number of carbonyl (C=O) groups excluding carboxylic acids is 2. The lowest BCUT2D eigenvalue weighted by atomic mass is 9.89. The lowest BCUT2D eigenvalue weighted by Crippen LogP contribution is -2.39. The highest BCUT2D eigenvalue weighted by Gasteiger charge is 2.34. The second kappa shape index (κ2) is 6.36. The fraction of sp³-hybridized carbons (Fsp3) is 0.500. The molecule has 22 heavy (non-hydrogen) atoms. The molecule has 0 bridgehead atoms. The lowest BCUT2D eigenvalue weighted by molar-refractivity contribution is -0.135. The third kappa shape index (κ3) is 2.92. The predicted octanol–water partition coefficient (Wildman–Crippen LogP) is 1.37. The van der Waals surface area contributed by atoms with Crippen LogP contribution in [0.15, 0.2) is 18.2 Å². The average molecular weight is 304 g/mol. The second-order valence-corrected chi connectivity index (χ2v) is 5.55. The van der Waals surface area contributed by atoms with Crippen LogP contribution in [0.3, 0.4) is 0 Å². The molecule has 1 atom stereocenters. The zero-order chi connectivity index (χ0) is 15.5. The summed E-state index contributed by atoms with van der Waals surface area (Å²) in [5.41, 5.74) is 1.52. The van der Waals surface area contributed by atoms with Crippen LogP contribution >= 0.6 is 0 Å². The number of hydrogen-bond donors (Lipinski definition) is 1. The van der Waals surface area contributed by atoms with Crippen LogP contribution < -0.4 is 10.1 Å². The summed E-state index contributed by atoms with van der Waals surface area (Å²) in [6.07, 6.45) is 1.01. The van der Waals surface area contributed by atoms with Gasteiger partial charge in [0.05, 0.1) is 19.6 Å². The van der Waals surface area contributed by atoms with E-state index in [4.69, 9.17) is 9.47 Å². The molecule has 1 saturated heterocycles. The normalized spacial score (nSPS) is 21.6. The van der Waals surface area contributed by atoms with Crippen molar-refractivity contribution in [1.29, 1.82) is 0 Å². The molecule has 3 rings (SSSR count). The molecule has 0 radical (unpaired) electrons. The zero-order valence-electron chi connectivity index (χ0n) is 12.6. The Labute approximate surface area is 129 Å². The van der Waals surface area contributed by atoms with Crippen LogP contribution in [0.25, 0.3) is 0 Å². The van der Waals surface area contributed by atoms with Crippen LogP contribution in [0.1, 0.15) is 24.3 Å². The van der Waals surface area contributed by atoms with Gasteiger partial charge in [0.15, 0.2) is 0 Å². The smallest absolute Gasteiger partial charge is 0.230 e. The highest BCUT2D eigenvalue weighted by molar-refractivity contribution is 6.01. The molecule has 2 aliphatic rings. The van der Waals surface area contributed by atoms with Gasteiger partial charge in [-0.25, -0.2) is 0 Å². The molecule has 0 aromatic heterocycles. The van der Waals surface area contributed by atoms with Crippen molar-refractivity contribution in [3.63, 3.8) is 0 Å². The van der Waals surface area contributed by atoms with Gasteiger partial charge in [-0.05, 0) is 30.2 Å². The number of amides is 2. The van der Waals surface area contributed by atoms with Crippen LogP contribution in [0.4, 0.5) is 5.69 Å². The van der Waals surface area contributed by atoms with E-state index >= 15 is 0 Å². The van der Waals surface area contributed by atoms with Crippen LogP contribution in [-0.2, 0) is 14.3 Å². The number of nitrogens with zero attached hydrogens (tertiary/aromatic N) is 1. The summed E-state index contributed by atoms with van der Waals surface area (Å²) in [4.78, 5) is 26.6. The van der Waals surface area contributed by atoms with E-state index in [0.29, 0.717) is 37.7 Å². The number of nitrogens with one attached hydrogen (secondary N) is 1. The molecule has 2 heterocycles. The summed E-state index contributed by atoms with van der Waals surface area (Å²) in [7, 11) is 1.59. The standard InChI is InChI=1S/C16H20N2O4/c1-21-11-3-4-14-12(9-11)13(10-15(19)17-14)16(20)18-5-2-7-22-8-6-18/h3-4,9,13H,2,5-8,10H2,1H3,(H,17,19)/t13-/m1/s1. The molecule has 6 heteroatoms. The fourth-order valence-electron chi connectivity index (χ4n) is 2.97. The van der Waals surface area contributed by atoms with Crippen molar-refractivity contribution in [2.45, 2.75) is 18.8 Å². The first-order chi connectivity index (χ1) is 10.7. The first kappa shape index (κ1) is 14.8. The molecule has 2 aliphatic heterocycles. The molecule has 6 nitrogen and oxygen atoms in total. The number of rotatable bonds is 2. The first-order valence-electron chi connectivity index (χ1n) is 7.53. The van der Waals surface area contributed by atoms with Crippen LogP contribution in [-0.4, -0.2) is 50.1 Å². The van der Waals surface area contributed by atoms with Crippen molar-refractivity contribution in [3.05, 3.63) is 23.8 Å². The van der Waals surface area contributed by atoms with Gasteiger partial charge < -0.3 is 19.7 Å². The molecule has 1 aromatic carbocycles. The number of benzene rings is 1. The van der Waals surface area contributed by atoms with Crippen LogP contribution in [0.2, 0.25) is 0 Å². The van der Waals surface area contributed by atoms with Gasteiger partial charge in [-0.15, -0.1) is 0 Å². The molecule has 0 aliphatic carbocycles. The molecule has 0 spiro atoms. The maximum absolute atomic E-state index is 12.9. The molecule has 2 amide bonds. The summed E-state index contributed by atoms with van der Waals surface area (Å²) < 4.78 is 10.6. The molecule has 118 valence electrons. The Morgan fingerprint density at radius 2 is 2.23 bits per heavy atom. The van der Waals surface area contributed by atoms with E-state index in [1.54, 1.807) is 24.1 Å². The minimum Gasteiger partial charge on any atom is -0.497 e. The maximum atomic E-state index is 12.9. The largest absolute Gasteiger partial charge is 0.497 e. The summed E-state index contributed by atoms with van der Waals surface area (Å²) in [6.45, 7) is 2.49. The minimum atomic E-state index is -0.447. The highest BCUT2D eigenvalue weighted by atomic mass is 16.5. The Balaban J connectivity index is 1.89. The van der Waals surface area contributed by atoms with E-state index in [-0.39, 0.29) is 18.2 Å². The Kier molecular flexibility index (Phi) is 4.29. The molecule has 0 unspecified atom stereocenters. The number of methoxy groups -OCH3 is 1. The molecule has 1 fully saturated rings. The van der Waals surface area contributed by atoms with E-state index in [9.17, 15) is 9.59 Å². The SMILES string of the molecule is COc1ccc2c(c1)[C@H](C(=O)N1CCCOCC1)CC(=O)N2. The van der Waals surface area contributed by atoms with E-state index in [1.165, 1.54) is 0 Å². The van der Waals surface area contributed by atoms with Crippen molar-refractivity contribution in [2.75, 3.05) is 38.7 Å². The average Bonchev–Trinajstić information content (AvgIpc) is 2.82. The topological polar surface area (TPSA) is 67.9 Å². The van der Waals surface area contributed by atoms with Gasteiger partial charge in [0.1, 0.15) is 5.75 Å². The maximum Gasteiger partial charge on any atom is 0.230 e. The first-order valence-corrected chi connectivity index (χ1v) is 7.53. The van der Waals surface area contributed by atoms with Crippen LogP contribution in [0, 0.1) is 0 Å². The zero-order valence-corrected chi connectivity index (χ0v) is 12.6. The van der Waals surface area contributed by atoms with Gasteiger partial charge >= 0.3 is 0 Å². The number of carbonyl (C=O) groups is 2. The summed E-state index contributed by atoms with van der Waals surface area (Å²) in [6, 6.07) is 5.41. The Morgan fingerprint density at radius 1 is 1.36 bits per heavy atom. The minimum absolute atomic E-state index is 0.00477. The van der Waals surface area contributed by atoms with Gasteiger partial charge in [-0.1, -0.05) is 0 Å². The highest BCUT2D eigenvalue weighted by Crippen LogP contribution is 2.36. The molecular weight excluding hydrogens is 284 g/mol. The Hall–Kier alpha value is -2.08. The van der Waals surface area contributed by atoms with Gasteiger partial charge in [-0.2, -0.15) is 0 Å². The van der Waals surface area contributed by atoms with Gasteiger partial charge in [0, 0.05) is 31.8 Å². The molecule has 0 saturated carbocycles. The van der Waals surface area contributed by atoms with Crippen molar-refractivity contribution < 1.29 is 19.1 Å². The quantitative estimate of drug-likeness (QED) is 0.896. The van der Waals surface area contributed by atoms with Crippen molar-refractivity contribution in [3.8, 4) is 5.75 Å². The molecule has 1 aromatic rings. The van der Waals surface area contributed by atoms with Gasteiger partial charge in [0.2, 0.25) is 11.8 Å². The summed E-state index contributed by atoms with van der Waals surface area (Å²) in [5.74, 6) is 0.112. The van der Waals surface area contributed by atoms with Crippen molar-refractivity contribution in [1.82, 2.24) is 4.90 Å². The predicted molar refractivity (Wildman–Crippen MR) is 81.0 cm³/mol. The summed E-state index contributed by atoms with van der Waals surface area (Å²) in [5, 5.41) is 2.82. The van der Waals surface area contributed by atoms with Crippen molar-refractivity contribution in [2.24, 2.45) is 0 Å².